The Balaban J connectivity index is 4.46. The molecule has 0 spiro atoms. The van der Waals surface area contributed by atoms with Crippen LogP contribution in [0.5, 0.6) is 0 Å². The quantitative estimate of drug-likeness (QED) is 0.0185. The zero-order valence-corrected chi connectivity index (χ0v) is 33.6. The number of esters is 2. The smallest absolute Gasteiger partial charge is 0.462 e. The van der Waals surface area contributed by atoms with Crippen molar-refractivity contribution in [1.29, 1.82) is 0 Å². The van der Waals surface area contributed by atoms with Crippen molar-refractivity contribution in [2.24, 2.45) is 0 Å². The molecule has 10 nitrogen and oxygen atoms in total. The normalized spacial score (nSPS) is 14.7. The van der Waals surface area contributed by atoms with Crippen LogP contribution in [-0.4, -0.2) is 65.7 Å². The number of hydrogen-bond acceptors (Lipinski definition) is 9. The average molecular weight is 767 g/mol. The van der Waals surface area contributed by atoms with Gasteiger partial charge in [0.25, 0.3) is 0 Å². The molecule has 3 atom stereocenters. The molecule has 0 aliphatic carbocycles. The van der Waals surface area contributed by atoms with Gasteiger partial charge in [0.15, 0.2) is 6.10 Å². The Hall–Kier alpha value is -2.59. The van der Waals surface area contributed by atoms with E-state index in [0.717, 1.165) is 64.2 Å². The highest BCUT2D eigenvalue weighted by Gasteiger charge is 2.27. The summed E-state index contributed by atoms with van der Waals surface area (Å²) in [5, 5.41) is 18.3. The Labute approximate surface area is 320 Å². The highest BCUT2D eigenvalue weighted by molar-refractivity contribution is 7.47. The van der Waals surface area contributed by atoms with E-state index in [9.17, 15) is 24.2 Å². The van der Waals surface area contributed by atoms with Crippen molar-refractivity contribution in [3.63, 3.8) is 0 Å². The van der Waals surface area contributed by atoms with Crippen LogP contribution in [-0.2, 0) is 32.7 Å². The largest absolute Gasteiger partial charge is 0.472 e. The lowest BCUT2D eigenvalue weighted by Gasteiger charge is -2.20. The molecule has 11 heteroatoms. The van der Waals surface area contributed by atoms with E-state index < -0.39 is 51.8 Å². The fourth-order valence-corrected chi connectivity index (χ4v) is 5.64. The second kappa shape index (κ2) is 37.7. The molecule has 53 heavy (non-hydrogen) atoms. The number of phosphoric acid groups is 1. The molecule has 0 heterocycles. The van der Waals surface area contributed by atoms with Crippen molar-refractivity contribution < 1.29 is 47.8 Å². The molecule has 0 aliphatic heterocycles. The molecule has 0 saturated carbocycles. The Morgan fingerprint density at radius 3 is 1.75 bits per heavy atom. The Bertz CT molecular complexity index is 1110. The summed E-state index contributed by atoms with van der Waals surface area (Å²) in [6.45, 7) is 2.14. The van der Waals surface area contributed by atoms with E-state index in [1.165, 1.54) is 38.5 Å². The number of aliphatic hydroxyl groups is 2. The first-order valence-corrected chi connectivity index (χ1v) is 21.4. The summed E-state index contributed by atoms with van der Waals surface area (Å²) in [5.41, 5.74) is 0. The van der Waals surface area contributed by atoms with Gasteiger partial charge in [-0.1, -0.05) is 138 Å². The first kappa shape index (κ1) is 50.4. The highest BCUT2D eigenvalue weighted by atomic mass is 31.2. The van der Waals surface area contributed by atoms with E-state index in [1.807, 2.05) is 36.5 Å². The first-order valence-electron chi connectivity index (χ1n) is 19.9. The van der Waals surface area contributed by atoms with Gasteiger partial charge < -0.3 is 24.6 Å². The Morgan fingerprint density at radius 1 is 0.604 bits per heavy atom. The lowest BCUT2D eigenvalue weighted by molar-refractivity contribution is -0.161. The second-order valence-electron chi connectivity index (χ2n) is 13.0. The zero-order valence-electron chi connectivity index (χ0n) is 32.7. The first-order chi connectivity index (χ1) is 25.7. The predicted molar refractivity (Wildman–Crippen MR) is 214 cm³/mol. The van der Waals surface area contributed by atoms with Crippen molar-refractivity contribution in [2.75, 3.05) is 26.4 Å². The van der Waals surface area contributed by atoms with Gasteiger partial charge in [0.2, 0.25) is 0 Å². The van der Waals surface area contributed by atoms with Gasteiger partial charge >= 0.3 is 19.8 Å². The fraction of sp³-hybridized carbons (Fsp3) is 0.667. The number of phosphoric ester groups is 1. The molecule has 0 aliphatic rings. The van der Waals surface area contributed by atoms with E-state index in [0.29, 0.717) is 12.8 Å². The summed E-state index contributed by atoms with van der Waals surface area (Å²) in [5.74, 6) is -0.998. The van der Waals surface area contributed by atoms with Gasteiger partial charge in [-0.2, -0.15) is 0 Å². The number of carbonyl (C=O) groups is 2. The standard InChI is InChI=1S/C42H71O10P/c1-3-5-7-9-11-13-15-17-19-21-23-25-27-29-31-33-41(45)49-37-40(38-51-53(47,48)50-36-39(44)35-43)52-42(46)34-32-30-28-26-24-22-20-18-16-14-12-10-8-6-4-2/h6,8,10,12,14,16-20,23,25,39-40,43-44H,3-5,7,9,11,13,15,21-22,24,26-38H2,1-2H3,(H,47,48)/b8-6+,12-10+,16-14+,19-17+,20-18+,25-23+/t39-,40+/m0/s1. The van der Waals surface area contributed by atoms with Crippen LogP contribution >= 0.6 is 7.82 Å². The van der Waals surface area contributed by atoms with Gasteiger partial charge in [-0.3, -0.25) is 18.6 Å². The Morgan fingerprint density at radius 2 is 1.11 bits per heavy atom. The third-order valence-corrected chi connectivity index (χ3v) is 8.89. The summed E-state index contributed by atoms with van der Waals surface area (Å²) in [7, 11) is -4.63. The van der Waals surface area contributed by atoms with Crippen molar-refractivity contribution in [3.8, 4) is 0 Å². The van der Waals surface area contributed by atoms with E-state index in [2.05, 4.69) is 54.8 Å². The number of aliphatic hydroxyl groups excluding tert-OH is 2. The minimum Gasteiger partial charge on any atom is -0.462 e. The van der Waals surface area contributed by atoms with Crippen LogP contribution in [0, 0.1) is 0 Å². The lowest BCUT2D eigenvalue weighted by Crippen LogP contribution is -2.29. The van der Waals surface area contributed by atoms with Crippen LogP contribution in [0.2, 0.25) is 0 Å². The van der Waals surface area contributed by atoms with Gasteiger partial charge in [-0.05, 0) is 64.2 Å². The molecule has 3 N–H and O–H groups in total. The maximum Gasteiger partial charge on any atom is 0.472 e. The van der Waals surface area contributed by atoms with E-state index in [1.54, 1.807) is 0 Å². The summed E-state index contributed by atoms with van der Waals surface area (Å²) < 4.78 is 32.6. The predicted octanol–water partition coefficient (Wildman–Crippen LogP) is 10.1. The summed E-state index contributed by atoms with van der Waals surface area (Å²) in [4.78, 5) is 34.9. The zero-order chi connectivity index (χ0) is 39.1. The van der Waals surface area contributed by atoms with E-state index in [-0.39, 0.29) is 19.4 Å². The van der Waals surface area contributed by atoms with Crippen LogP contribution < -0.4 is 0 Å². The number of carbonyl (C=O) groups excluding carboxylic acids is 2. The molecule has 0 bridgehead atoms. The van der Waals surface area contributed by atoms with Crippen molar-refractivity contribution in [2.45, 2.75) is 154 Å². The summed E-state index contributed by atoms with van der Waals surface area (Å²) in [6.07, 6.45) is 41.6. The van der Waals surface area contributed by atoms with Gasteiger partial charge in [-0.25, -0.2) is 4.57 Å². The maximum absolute atomic E-state index is 12.6. The molecule has 0 amide bonds. The molecule has 0 fully saturated rings. The lowest BCUT2D eigenvalue weighted by atomic mass is 10.1. The van der Waals surface area contributed by atoms with Gasteiger partial charge in [-0.15, -0.1) is 0 Å². The molecule has 0 rings (SSSR count). The number of allylic oxidation sites excluding steroid dienone is 12. The topological polar surface area (TPSA) is 149 Å². The van der Waals surface area contributed by atoms with Crippen LogP contribution in [0.15, 0.2) is 72.9 Å². The third kappa shape index (κ3) is 37.5. The third-order valence-electron chi connectivity index (χ3n) is 7.94. The molecular weight excluding hydrogens is 695 g/mol. The number of ether oxygens (including phenoxy) is 2. The molecular formula is C42H71O10P. The summed E-state index contributed by atoms with van der Waals surface area (Å²) >= 11 is 0. The SMILES string of the molecule is CC/C=C/C=C/C=C/C=C/CCCCCCCC(=O)O[C@H](COC(=O)CCCC/C=C/C/C=C/CCCCCCCC)COP(=O)(O)OC[C@@H](O)CO. The van der Waals surface area contributed by atoms with E-state index >= 15 is 0 Å². The van der Waals surface area contributed by atoms with Crippen LogP contribution in [0.3, 0.4) is 0 Å². The second-order valence-corrected chi connectivity index (χ2v) is 14.5. The number of hydrogen-bond donors (Lipinski definition) is 3. The molecule has 0 aromatic rings. The van der Waals surface area contributed by atoms with Crippen LogP contribution in [0.4, 0.5) is 0 Å². The van der Waals surface area contributed by atoms with E-state index in [4.69, 9.17) is 19.1 Å². The van der Waals surface area contributed by atoms with Crippen molar-refractivity contribution in [1.82, 2.24) is 0 Å². The molecule has 304 valence electrons. The molecule has 0 aromatic carbocycles. The molecule has 1 unspecified atom stereocenters. The molecule has 0 aromatic heterocycles. The fourth-order valence-electron chi connectivity index (χ4n) is 4.86. The maximum atomic E-state index is 12.6. The van der Waals surface area contributed by atoms with Crippen LogP contribution in [0.25, 0.3) is 0 Å². The van der Waals surface area contributed by atoms with Gasteiger partial charge in [0, 0.05) is 12.8 Å². The monoisotopic (exact) mass is 766 g/mol. The summed E-state index contributed by atoms with van der Waals surface area (Å²) in [6, 6.07) is 0. The van der Waals surface area contributed by atoms with Crippen molar-refractivity contribution >= 4 is 19.8 Å². The minimum atomic E-state index is -4.63. The van der Waals surface area contributed by atoms with Gasteiger partial charge in [0.05, 0.1) is 19.8 Å². The number of unbranched alkanes of at least 4 members (excludes halogenated alkanes) is 13. The highest BCUT2D eigenvalue weighted by Crippen LogP contribution is 2.43. The van der Waals surface area contributed by atoms with Gasteiger partial charge in [0.1, 0.15) is 12.7 Å². The average Bonchev–Trinajstić information content (AvgIpc) is 3.14. The minimum absolute atomic E-state index is 0.147. The number of rotatable bonds is 36. The molecule has 0 saturated heterocycles. The van der Waals surface area contributed by atoms with Crippen LogP contribution in [0.1, 0.15) is 142 Å². The van der Waals surface area contributed by atoms with Crippen molar-refractivity contribution in [3.05, 3.63) is 72.9 Å². The molecule has 0 radical (unpaired) electrons. The Kier molecular flexibility index (Phi) is 35.9.